The summed E-state index contributed by atoms with van der Waals surface area (Å²) in [6, 6.07) is 59.9. The van der Waals surface area contributed by atoms with Crippen molar-refractivity contribution in [3.8, 4) is 56.3 Å². The first-order valence-electron chi connectivity index (χ1n) is 18.0. The molecular formula is C48H28BNO3. The van der Waals surface area contributed by atoms with Gasteiger partial charge in [-0.1, -0.05) is 121 Å². The second-order valence-electron chi connectivity index (χ2n) is 13.9. The van der Waals surface area contributed by atoms with E-state index in [0.29, 0.717) is 0 Å². The van der Waals surface area contributed by atoms with Gasteiger partial charge in [0.05, 0.1) is 16.7 Å². The molecule has 2 aromatic heterocycles. The van der Waals surface area contributed by atoms with Crippen molar-refractivity contribution in [1.29, 1.82) is 0 Å². The lowest BCUT2D eigenvalue weighted by molar-refractivity contribution is 0.479. The zero-order valence-corrected chi connectivity index (χ0v) is 28.4. The van der Waals surface area contributed by atoms with Crippen LogP contribution < -0.4 is 20.3 Å². The first-order chi connectivity index (χ1) is 26.3. The van der Waals surface area contributed by atoms with Gasteiger partial charge in [-0.05, 0) is 70.8 Å². The maximum absolute atomic E-state index is 7.11. The van der Waals surface area contributed by atoms with Crippen LogP contribution in [0.3, 0.4) is 0 Å². The summed E-state index contributed by atoms with van der Waals surface area (Å²) in [5, 5.41) is 4.71. The number of furan rings is 1. The van der Waals surface area contributed by atoms with E-state index in [4.69, 9.17) is 13.8 Å². The topological polar surface area (TPSA) is 36.5 Å². The quantitative estimate of drug-likeness (QED) is 0.175. The maximum atomic E-state index is 7.11. The Kier molecular flexibility index (Phi) is 5.83. The number of ether oxygens (including phenoxy) is 1. The van der Waals surface area contributed by atoms with E-state index in [-0.39, 0.29) is 6.92 Å². The molecule has 8 aromatic carbocycles. The van der Waals surface area contributed by atoms with Crippen molar-refractivity contribution in [2.24, 2.45) is 0 Å². The highest BCUT2D eigenvalue weighted by Gasteiger charge is 2.41. The Morgan fingerprint density at radius 1 is 0.434 bits per heavy atom. The molecule has 2 aliphatic rings. The van der Waals surface area contributed by atoms with Crippen LogP contribution in [-0.2, 0) is 0 Å². The van der Waals surface area contributed by atoms with Crippen LogP contribution in [0.5, 0.6) is 17.2 Å². The van der Waals surface area contributed by atoms with Crippen molar-refractivity contribution in [1.82, 2.24) is 4.57 Å². The standard InChI is InChI=1S/C48H28BNO3/c1-5-17-39(50-40-18-6-2-12-33(40)34-13-3-7-19-41(34)50)31(11-1)29-24-26-43-38(27-29)49-48-36(16-10-22-45(48)52-43)35-25-23-30(28-46(35)53-49)32-15-9-21-44-47(32)37-14-4-8-20-42(37)51-44/h1-28H. The number of nitrogens with zero attached hydrogens (tertiary/aromatic N) is 1. The molecule has 12 rings (SSSR count). The Morgan fingerprint density at radius 3 is 1.96 bits per heavy atom. The minimum atomic E-state index is -0.335. The summed E-state index contributed by atoms with van der Waals surface area (Å²) < 4.78 is 22.4. The van der Waals surface area contributed by atoms with Gasteiger partial charge in [-0.25, -0.2) is 0 Å². The van der Waals surface area contributed by atoms with Crippen molar-refractivity contribution in [3.05, 3.63) is 170 Å². The zero-order valence-electron chi connectivity index (χ0n) is 28.4. The molecule has 0 atom stereocenters. The van der Waals surface area contributed by atoms with Crippen molar-refractivity contribution < 1.29 is 13.8 Å². The van der Waals surface area contributed by atoms with Crippen molar-refractivity contribution >= 4 is 61.6 Å². The van der Waals surface area contributed by atoms with Crippen LogP contribution in [0.1, 0.15) is 0 Å². The molecule has 2 aliphatic heterocycles. The predicted molar refractivity (Wildman–Crippen MR) is 217 cm³/mol. The third-order valence-electron chi connectivity index (χ3n) is 11.1. The molecule has 0 radical (unpaired) electrons. The Morgan fingerprint density at radius 2 is 1.09 bits per heavy atom. The van der Waals surface area contributed by atoms with Crippen molar-refractivity contribution in [3.63, 3.8) is 0 Å². The van der Waals surface area contributed by atoms with Gasteiger partial charge >= 0.3 is 6.92 Å². The van der Waals surface area contributed by atoms with E-state index in [0.717, 1.165) is 89.2 Å². The largest absolute Gasteiger partial charge is 0.551 e. The molecule has 4 nitrogen and oxygen atoms in total. The number of rotatable bonds is 3. The minimum Gasteiger partial charge on any atom is -0.551 e. The van der Waals surface area contributed by atoms with Gasteiger partial charge in [0.25, 0.3) is 0 Å². The summed E-state index contributed by atoms with van der Waals surface area (Å²) in [5.74, 6) is 2.50. The third kappa shape index (κ3) is 4.07. The van der Waals surface area contributed by atoms with Crippen LogP contribution in [0.4, 0.5) is 0 Å². The lowest BCUT2D eigenvalue weighted by atomic mass is 9.50. The van der Waals surface area contributed by atoms with Crippen LogP contribution in [-0.4, -0.2) is 11.5 Å². The predicted octanol–water partition coefficient (Wildman–Crippen LogP) is 11.3. The third-order valence-corrected chi connectivity index (χ3v) is 11.1. The first kappa shape index (κ1) is 28.7. The molecule has 4 heterocycles. The van der Waals surface area contributed by atoms with E-state index in [9.17, 15) is 0 Å². The Hall–Kier alpha value is -6.98. The summed E-state index contributed by atoms with van der Waals surface area (Å²) in [6.07, 6.45) is 0. The lowest BCUT2D eigenvalue weighted by Crippen LogP contribution is -2.53. The maximum Gasteiger partial charge on any atom is 0.434 e. The molecule has 246 valence electrons. The fraction of sp³-hybridized carbons (Fsp3) is 0. The van der Waals surface area contributed by atoms with Gasteiger partial charge in [0.1, 0.15) is 28.4 Å². The molecule has 0 N–H and O–H groups in total. The molecule has 0 bridgehead atoms. The summed E-state index contributed by atoms with van der Waals surface area (Å²) in [4.78, 5) is 0. The molecule has 5 heteroatoms. The first-order valence-corrected chi connectivity index (χ1v) is 18.0. The van der Waals surface area contributed by atoms with Gasteiger partial charge in [0.2, 0.25) is 0 Å². The van der Waals surface area contributed by atoms with E-state index in [1.807, 2.05) is 24.3 Å². The minimum absolute atomic E-state index is 0.335. The van der Waals surface area contributed by atoms with Gasteiger partial charge in [0, 0.05) is 43.6 Å². The molecule has 0 saturated carbocycles. The molecule has 0 amide bonds. The van der Waals surface area contributed by atoms with Crippen LogP contribution in [0, 0.1) is 0 Å². The highest BCUT2D eigenvalue weighted by molar-refractivity contribution is 6.84. The fourth-order valence-corrected chi connectivity index (χ4v) is 8.80. The summed E-state index contributed by atoms with van der Waals surface area (Å²) in [5.41, 5.74) is 14.0. The van der Waals surface area contributed by atoms with Gasteiger partial charge < -0.3 is 18.4 Å². The SMILES string of the molecule is c1ccc(-n2c3ccccc3c3ccccc32)c(-c2ccc3c(c2)B2Oc4cc(-c5cccc6oc7ccccc7c56)ccc4-c4cccc(c42)O3)c1. The van der Waals surface area contributed by atoms with E-state index in [1.54, 1.807) is 0 Å². The number of hydrogen-bond acceptors (Lipinski definition) is 3. The second kappa shape index (κ2) is 10.8. The van der Waals surface area contributed by atoms with Crippen LogP contribution >= 0.6 is 0 Å². The zero-order chi connectivity index (χ0) is 34.6. The average Bonchev–Trinajstić information content (AvgIpc) is 3.77. The second-order valence-corrected chi connectivity index (χ2v) is 13.9. The number of hydrogen-bond donors (Lipinski definition) is 0. The van der Waals surface area contributed by atoms with Crippen molar-refractivity contribution in [2.75, 3.05) is 0 Å². The van der Waals surface area contributed by atoms with E-state index in [1.165, 1.54) is 21.8 Å². The monoisotopic (exact) mass is 677 g/mol. The van der Waals surface area contributed by atoms with Gasteiger partial charge in [-0.2, -0.15) is 0 Å². The van der Waals surface area contributed by atoms with E-state index in [2.05, 4.69) is 150 Å². The fourth-order valence-electron chi connectivity index (χ4n) is 8.80. The highest BCUT2D eigenvalue weighted by Crippen LogP contribution is 2.44. The van der Waals surface area contributed by atoms with E-state index >= 15 is 0 Å². The molecule has 0 spiro atoms. The number of benzene rings is 8. The Labute approximate surface area is 305 Å². The molecule has 0 unspecified atom stereocenters. The van der Waals surface area contributed by atoms with Crippen LogP contribution in [0.2, 0.25) is 0 Å². The molecule has 10 aromatic rings. The van der Waals surface area contributed by atoms with Gasteiger partial charge in [-0.3, -0.25) is 0 Å². The summed E-state index contributed by atoms with van der Waals surface area (Å²) in [7, 11) is 0. The van der Waals surface area contributed by atoms with Crippen LogP contribution in [0.25, 0.3) is 82.8 Å². The Bertz CT molecular complexity index is 3100. The summed E-state index contributed by atoms with van der Waals surface area (Å²) >= 11 is 0. The molecule has 0 saturated heterocycles. The molecule has 53 heavy (non-hydrogen) atoms. The van der Waals surface area contributed by atoms with Gasteiger partial charge in [-0.15, -0.1) is 0 Å². The Balaban J connectivity index is 1.01. The summed E-state index contributed by atoms with van der Waals surface area (Å²) in [6.45, 7) is -0.335. The smallest absolute Gasteiger partial charge is 0.434 e. The van der Waals surface area contributed by atoms with Gasteiger partial charge in [0.15, 0.2) is 0 Å². The molecule has 0 fully saturated rings. The normalized spacial score (nSPS) is 12.8. The molecule has 0 aliphatic carbocycles. The molecular weight excluding hydrogens is 649 g/mol. The van der Waals surface area contributed by atoms with Crippen LogP contribution in [0.15, 0.2) is 174 Å². The average molecular weight is 678 g/mol. The number of para-hydroxylation sites is 4. The lowest BCUT2D eigenvalue weighted by Gasteiger charge is -2.33. The van der Waals surface area contributed by atoms with Crippen molar-refractivity contribution in [2.45, 2.75) is 0 Å². The number of fused-ring (bicyclic) bond motifs is 10. The number of aromatic nitrogens is 1. The highest BCUT2D eigenvalue weighted by atomic mass is 16.5. The van der Waals surface area contributed by atoms with E-state index < -0.39 is 0 Å².